The number of hydrogen-bond donors (Lipinski definition) is 2. The fourth-order valence-electron chi connectivity index (χ4n) is 2.54. The van der Waals surface area contributed by atoms with Crippen molar-refractivity contribution in [2.24, 2.45) is 5.41 Å². The van der Waals surface area contributed by atoms with Crippen molar-refractivity contribution in [1.29, 1.82) is 5.41 Å². The fraction of sp³-hybridized carbons (Fsp3) is 0.375. The van der Waals surface area contributed by atoms with Crippen LogP contribution >= 0.6 is 0 Å². The predicted octanol–water partition coefficient (Wildman–Crippen LogP) is 3.59. The molecule has 1 fully saturated rings. The van der Waals surface area contributed by atoms with Crippen LogP contribution in [0.25, 0.3) is 0 Å². The first-order valence-corrected chi connectivity index (χ1v) is 6.56. The molecule has 106 valence electrons. The summed E-state index contributed by atoms with van der Waals surface area (Å²) in [6, 6.07) is 5.74. The lowest BCUT2D eigenvalue weighted by Crippen LogP contribution is -2.32. The maximum Gasteiger partial charge on any atom is 0.168 e. The molecule has 0 unspecified atom stereocenters. The maximum absolute atomic E-state index is 12.8. The minimum Gasteiger partial charge on any atom is -0.511 e. The van der Waals surface area contributed by atoms with Crippen molar-refractivity contribution in [2.75, 3.05) is 0 Å². The van der Waals surface area contributed by atoms with Gasteiger partial charge in [-0.1, -0.05) is 26.0 Å². The Kier molecular flexibility index (Phi) is 3.75. The van der Waals surface area contributed by atoms with Crippen LogP contribution in [0.15, 0.2) is 35.6 Å². The van der Waals surface area contributed by atoms with E-state index in [0.29, 0.717) is 18.4 Å². The molecule has 2 rings (SSSR count). The smallest absolute Gasteiger partial charge is 0.168 e. The molecule has 0 radical (unpaired) electrons. The molecule has 1 aliphatic carbocycles. The van der Waals surface area contributed by atoms with Crippen molar-refractivity contribution in [1.82, 2.24) is 0 Å². The lowest BCUT2D eigenvalue weighted by molar-refractivity contribution is -0.117. The van der Waals surface area contributed by atoms with Gasteiger partial charge in [0.15, 0.2) is 5.78 Å². The van der Waals surface area contributed by atoms with Crippen molar-refractivity contribution < 1.29 is 14.3 Å². The van der Waals surface area contributed by atoms with Crippen LogP contribution in [0.4, 0.5) is 4.39 Å². The number of carbonyl (C=O) groups is 1. The molecule has 0 aromatic heterocycles. The van der Waals surface area contributed by atoms with Crippen LogP contribution in [0.1, 0.15) is 32.3 Å². The molecular formula is C16H18FNO2. The summed E-state index contributed by atoms with van der Waals surface area (Å²) in [6.07, 6.45) is 0.948. The van der Waals surface area contributed by atoms with Crippen LogP contribution in [0.5, 0.6) is 0 Å². The Labute approximate surface area is 117 Å². The maximum atomic E-state index is 12.8. The number of nitrogens with one attached hydrogen (secondary N) is 1. The Bertz CT molecular complexity index is 563. The van der Waals surface area contributed by atoms with Gasteiger partial charge in [0.25, 0.3) is 0 Å². The Hall–Kier alpha value is -1.97. The van der Waals surface area contributed by atoms with Gasteiger partial charge in [0.05, 0.1) is 5.57 Å². The van der Waals surface area contributed by atoms with E-state index in [0.717, 1.165) is 0 Å². The summed E-state index contributed by atoms with van der Waals surface area (Å²) in [7, 11) is 0. The first-order chi connectivity index (χ1) is 9.28. The third-order valence-electron chi connectivity index (χ3n) is 3.45. The quantitative estimate of drug-likeness (QED) is 0.640. The van der Waals surface area contributed by atoms with Crippen LogP contribution in [0, 0.1) is 16.6 Å². The van der Waals surface area contributed by atoms with E-state index in [2.05, 4.69) is 0 Å². The zero-order valence-corrected chi connectivity index (χ0v) is 11.7. The Morgan fingerprint density at radius 1 is 1.30 bits per heavy atom. The molecule has 0 aliphatic heterocycles. The van der Waals surface area contributed by atoms with E-state index < -0.39 is 0 Å². The van der Waals surface area contributed by atoms with Gasteiger partial charge in [-0.2, -0.15) is 0 Å². The number of benzene rings is 1. The molecule has 0 atom stereocenters. The van der Waals surface area contributed by atoms with Gasteiger partial charge >= 0.3 is 0 Å². The molecule has 0 bridgehead atoms. The zero-order chi connectivity index (χ0) is 14.9. The summed E-state index contributed by atoms with van der Waals surface area (Å²) in [5.74, 6) is -0.628. The monoisotopic (exact) mass is 275 g/mol. The topological polar surface area (TPSA) is 61.1 Å². The molecule has 1 aromatic carbocycles. The van der Waals surface area contributed by atoms with E-state index in [9.17, 15) is 14.3 Å². The molecule has 1 saturated carbocycles. The minimum atomic E-state index is -0.343. The molecule has 2 N–H and O–H groups in total. The largest absolute Gasteiger partial charge is 0.511 e. The molecule has 4 heteroatoms. The van der Waals surface area contributed by atoms with Crippen LogP contribution in [-0.2, 0) is 11.2 Å². The number of carbonyl (C=O) groups excluding carboxylic acids is 1. The lowest BCUT2D eigenvalue weighted by atomic mass is 9.73. The van der Waals surface area contributed by atoms with E-state index in [1.165, 1.54) is 12.1 Å². The van der Waals surface area contributed by atoms with Gasteiger partial charge < -0.3 is 10.5 Å². The standard InChI is InChI=1S/C16H18FNO2/c1-16(2)8-12(18)15(14(20)9-16)13(19)7-10-3-5-11(17)6-4-10/h3-6,18-19H,7-9H2,1-2H3. The summed E-state index contributed by atoms with van der Waals surface area (Å²) in [4.78, 5) is 12.1. The Balaban J connectivity index is 2.25. The molecule has 0 spiro atoms. The van der Waals surface area contributed by atoms with Gasteiger partial charge in [0, 0.05) is 18.6 Å². The van der Waals surface area contributed by atoms with Crippen LogP contribution in [0.2, 0.25) is 0 Å². The second-order valence-electron chi connectivity index (χ2n) is 6.04. The normalized spacial score (nSPS) is 20.9. The van der Waals surface area contributed by atoms with Crippen molar-refractivity contribution >= 4 is 11.5 Å². The second-order valence-corrected chi connectivity index (χ2v) is 6.04. The molecule has 1 aliphatic rings. The number of ketones is 1. The van der Waals surface area contributed by atoms with E-state index in [-0.39, 0.29) is 40.5 Å². The summed E-state index contributed by atoms with van der Waals surface area (Å²) < 4.78 is 12.8. The molecule has 0 amide bonds. The number of rotatable bonds is 2. The van der Waals surface area contributed by atoms with Gasteiger partial charge in [0.2, 0.25) is 0 Å². The molecule has 3 nitrogen and oxygen atoms in total. The molecule has 1 aromatic rings. The van der Waals surface area contributed by atoms with E-state index >= 15 is 0 Å². The first-order valence-electron chi connectivity index (χ1n) is 6.56. The van der Waals surface area contributed by atoms with Crippen LogP contribution in [0.3, 0.4) is 0 Å². The lowest BCUT2D eigenvalue weighted by Gasteiger charge is -2.30. The minimum absolute atomic E-state index is 0.0953. The van der Waals surface area contributed by atoms with Gasteiger partial charge in [-0.15, -0.1) is 0 Å². The number of aliphatic hydroxyl groups is 1. The van der Waals surface area contributed by atoms with Gasteiger partial charge in [-0.05, 0) is 29.5 Å². The highest BCUT2D eigenvalue weighted by Crippen LogP contribution is 2.34. The molecule has 20 heavy (non-hydrogen) atoms. The number of hydrogen-bond acceptors (Lipinski definition) is 3. The zero-order valence-electron chi connectivity index (χ0n) is 11.7. The summed E-state index contributed by atoms with van der Waals surface area (Å²) in [5.41, 5.74) is 0.801. The number of halogens is 1. The van der Waals surface area contributed by atoms with Gasteiger partial charge in [-0.3, -0.25) is 4.79 Å². The van der Waals surface area contributed by atoms with Crippen LogP contribution < -0.4 is 0 Å². The average molecular weight is 275 g/mol. The number of aliphatic hydroxyl groups excluding tert-OH is 1. The van der Waals surface area contributed by atoms with E-state index in [1.807, 2.05) is 13.8 Å². The molecule has 0 heterocycles. The van der Waals surface area contributed by atoms with Crippen molar-refractivity contribution in [3.63, 3.8) is 0 Å². The number of allylic oxidation sites excluding steroid dienone is 2. The van der Waals surface area contributed by atoms with E-state index in [1.54, 1.807) is 12.1 Å². The third kappa shape index (κ3) is 3.13. The number of Topliss-reactive ketones (excluding diaryl/α,β-unsaturated/α-hetero) is 1. The van der Waals surface area contributed by atoms with Gasteiger partial charge in [-0.25, -0.2) is 4.39 Å². The highest BCUT2D eigenvalue weighted by atomic mass is 19.1. The average Bonchev–Trinajstić information content (AvgIpc) is 2.29. The Morgan fingerprint density at radius 3 is 2.45 bits per heavy atom. The van der Waals surface area contributed by atoms with Crippen molar-refractivity contribution in [3.05, 3.63) is 47.0 Å². The summed E-state index contributed by atoms with van der Waals surface area (Å²) >= 11 is 0. The Morgan fingerprint density at radius 2 is 1.90 bits per heavy atom. The summed E-state index contributed by atoms with van der Waals surface area (Å²) in [5, 5.41) is 18.1. The van der Waals surface area contributed by atoms with Crippen LogP contribution in [-0.4, -0.2) is 16.6 Å². The summed E-state index contributed by atoms with van der Waals surface area (Å²) in [6.45, 7) is 3.88. The highest BCUT2D eigenvalue weighted by Gasteiger charge is 2.35. The fourth-order valence-corrected chi connectivity index (χ4v) is 2.54. The van der Waals surface area contributed by atoms with Crippen molar-refractivity contribution in [3.8, 4) is 0 Å². The second kappa shape index (κ2) is 5.19. The predicted molar refractivity (Wildman–Crippen MR) is 75.5 cm³/mol. The first kappa shape index (κ1) is 14.4. The van der Waals surface area contributed by atoms with E-state index in [4.69, 9.17) is 5.41 Å². The van der Waals surface area contributed by atoms with Gasteiger partial charge in [0.1, 0.15) is 11.6 Å². The molecular weight excluding hydrogens is 257 g/mol. The third-order valence-corrected chi connectivity index (χ3v) is 3.45. The molecule has 0 saturated heterocycles. The SMILES string of the molecule is CC1(C)CC(=N)C(=C(O)Cc2ccc(F)cc2)C(=O)C1. The van der Waals surface area contributed by atoms with Crippen molar-refractivity contribution in [2.45, 2.75) is 33.1 Å². The highest BCUT2D eigenvalue weighted by molar-refractivity contribution is 6.23.